The SMILES string of the molecule is [N-]=[N+]=C1C=CCC(=O)C1=O. The molecule has 0 unspecified atom stereocenters. The zero-order valence-corrected chi connectivity index (χ0v) is 5.07. The van der Waals surface area contributed by atoms with Crippen LogP contribution >= 0.6 is 0 Å². The number of hydrogen-bond acceptors (Lipinski definition) is 2. The summed E-state index contributed by atoms with van der Waals surface area (Å²) < 4.78 is 0. The number of ketones is 2. The molecule has 0 saturated heterocycles. The maximum Gasteiger partial charge on any atom is 0.365 e. The predicted molar refractivity (Wildman–Crippen MR) is 32.4 cm³/mol. The molecule has 1 rings (SSSR count). The van der Waals surface area contributed by atoms with Crippen molar-refractivity contribution in [2.75, 3.05) is 0 Å². The van der Waals surface area contributed by atoms with E-state index < -0.39 is 11.6 Å². The highest BCUT2D eigenvalue weighted by Gasteiger charge is 2.27. The molecule has 0 aliphatic heterocycles. The summed E-state index contributed by atoms with van der Waals surface area (Å²) >= 11 is 0. The van der Waals surface area contributed by atoms with Crippen LogP contribution in [0.2, 0.25) is 0 Å². The van der Waals surface area contributed by atoms with Crippen molar-refractivity contribution < 1.29 is 14.4 Å². The molecule has 0 aromatic carbocycles. The van der Waals surface area contributed by atoms with E-state index in [2.05, 4.69) is 4.79 Å². The number of allylic oxidation sites excluding steroid dienone is 2. The monoisotopic (exact) mass is 136 g/mol. The van der Waals surface area contributed by atoms with Crippen LogP contribution < -0.4 is 0 Å². The smallest absolute Gasteiger partial charge is 0.361 e. The fraction of sp³-hybridized carbons (Fsp3) is 0.167. The summed E-state index contributed by atoms with van der Waals surface area (Å²) in [6.45, 7) is 0. The number of carbonyl (C=O) groups is 2. The highest BCUT2D eigenvalue weighted by molar-refractivity contribution is 6.67. The lowest BCUT2D eigenvalue weighted by molar-refractivity contribution is -0.134. The van der Waals surface area contributed by atoms with E-state index in [-0.39, 0.29) is 12.1 Å². The number of hydrogen-bond donors (Lipinski definition) is 0. The lowest BCUT2D eigenvalue weighted by atomic mass is 10.0. The predicted octanol–water partition coefficient (Wildman–Crippen LogP) is -0.245. The van der Waals surface area contributed by atoms with Crippen LogP contribution in [0.15, 0.2) is 12.2 Å². The van der Waals surface area contributed by atoms with Gasteiger partial charge < -0.3 is 5.53 Å². The zero-order valence-electron chi connectivity index (χ0n) is 5.07. The van der Waals surface area contributed by atoms with E-state index in [0.29, 0.717) is 0 Å². The molecule has 50 valence electrons. The molecule has 1 aliphatic rings. The molecule has 0 bridgehead atoms. The van der Waals surface area contributed by atoms with E-state index in [0.717, 1.165) is 0 Å². The second-order valence-corrected chi connectivity index (χ2v) is 1.84. The van der Waals surface area contributed by atoms with Crippen molar-refractivity contribution in [2.24, 2.45) is 0 Å². The van der Waals surface area contributed by atoms with Gasteiger partial charge in [0.1, 0.15) is 0 Å². The van der Waals surface area contributed by atoms with Gasteiger partial charge in [0, 0.05) is 12.5 Å². The molecule has 0 heterocycles. The summed E-state index contributed by atoms with van der Waals surface area (Å²) in [5, 5.41) is 0. The average molecular weight is 136 g/mol. The van der Waals surface area contributed by atoms with Crippen molar-refractivity contribution in [1.82, 2.24) is 0 Å². The Morgan fingerprint density at radius 1 is 1.50 bits per heavy atom. The molecule has 4 heteroatoms. The van der Waals surface area contributed by atoms with Crippen molar-refractivity contribution in [3.8, 4) is 0 Å². The van der Waals surface area contributed by atoms with Crippen molar-refractivity contribution in [3.63, 3.8) is 0 Å². The van der Waals surface area contributed by atoms with E-state index in [1.165, 1.54) is 12.2 Å². The van der Waals surface area contributed by atoms with Gasteiger partial charge >= 0.3 is 11.5 Å². The first-order chi connectivity index (χ1) is 4.75. The van der Waals surface area contributed by atoms with Gasteiger partial charge in [-0.2, -0.15) is 4.79 Å². The molecule has 0 saturated carbocycles. The third-order valence-corrected chi connectivity index (χ3v) is 1.17. The molecule has 4 nitrogen and oxygen atoms in total. The van der Waals surface area contributed by atoms with Crippen molar-refractivity contribution in [2.45, 2.75) is 6.42 Å². The number of rotatable bonds is 0. The molecule has 0 atom stereocenters. The van der Waals surface area contributed by atoms with Crippen molar-refractivity contribution in [3.05, 3.63) is 17.7 Å². The first-order valence-electron chi connectivity index (χ1n) is 2.72. The van der Waals surface area contributed by atoms with Crippen LogP contribution in [0.4, 0.5) is 0 Å². The lowest BCUT2D eigenvalue weighted by Crippen LogP contribution is -2.25. The van der Waals surface area contributed by atoms with Gasteiger partial charge in [-0.3, -0.25) is 9.59 Å². The van der Waals surface area contributed by atoms with Gasteiger partial charge in [0.05, 0.1) is 0 Å². The molecular formula is C6H4N2O2. The second-order valence-electron chi connectivity index (χ2n) is 1.84. The van der Waals surface area contributed by atoms with Gasteiger partial charge in [0.25, 0.3) is 0 Å². The van der Waals surface area contributed by atoms with Crippen molar-refractivity contribution in [1.29, 1.82) is 0 Å². The molecule has 0 amide bonds. The Hall–Kier alpha value is -1.54. The van der Waals surface area contributed by atoms with Gasteiger partial charge in [-0.25, -0.2) is 0 Å². The van der Waals surface area contributed by atoms with Gasteiger partial charge in [-0.15, -0.1) is 0 Å². The molecule has 0 radical (unpaired) electrons. The molecule has 1 aliphatic carbocycles. The molecule has 0 aromatic rings. The zero-order chi connectivity index (χ0) is 7.56. The first-order valence-corrected chi connectivity index (χ1v) is 2.72. The number of Topliss-reactive ketones (excluding diaryl/α,β-unsaturated/α-hetero) is 2. The van der Waals surface area contributed by atoms with E-state index in [9.17, 15) is 9.59 Å². The first kappa shape index (κ1) is 6.58. The maximum absolute atomic E-state index is 10.7. The Morgan fingerprint density at radius 2 is 2.20 bits per heavy atom. The summed E-state index contributed by atoms with van der Waals surface area (Å²) in [5.74, 6) is -1.25. The van der Waals surface area contributed by atoms with Crippen LogP contribution in [-0.2, 0) is 9.59 Å². The second kappa shape index (κ2) is 2.37. The van der Waals surface area contributed by atoms with E-state index in [1.807, 2.05) is 0 Å². The van der Waals surface area contributed by atoms with Gasteiger partial charge in [-0.05, 0) is 0 Å². The summed E-state index contributed by atoms with van der Waals surface area (Å²) in [7, 11) is 0. The third kappa shape index (κ3) is 0.921. The summed E-state index contributed by atoms with van der Waals surface area (Å²) in [4.78, 5) is 23.9. The maximum atomic E-state index is 10.7. The average Bonchev–Trinajstić information content (AvgIpc) is 1.95. The third-order valence-electron chi connectivity index (χ3n) is 1.17. The normalized spacial score (nSPS) is 17.4. The van der Waals surface area contributed by atoms with Crippen LogP contribution in [0.5, 0.6) is 0 Å². The Bertz CT molecular complexity index is 271. The van der Waals surface area contributed by atoms with Gasteiger partial charge in [0.2, 0.25) is 5.78 Å². The minimum Gasteiger partial charge on any atom is -0.361 e. The van der Waals surface area contributed by atoms with Crippen LogP contribution in [0, 0.1) is 0 Å². The Morgan fingerprint density at radius 3 is 2.70 bits per heavy atom. The van der Waals surface area contributed by atoms with Gasteiger partial charge in [0.15, 0.2) is 0 Å². The molecule has 10 heavy (non-hydrogen) atoms. The number of carbonyl (C=O) groups excluding carboxylic acids is 2. The fourth-order valence-electron chi connectivity index (χ4n) is 0.668. The molecule has 0 fully saturated rings. The summed E-state index contributed by atoms with van der Waals surface area (Å²) in [5.41, 5.74) is 7.96. The molecule has 0 N–H and O–H groups in total. The van der Waals surface area contributed by atoms with Crippen LogP contribution in [0.25, 0.3) is 5.53 Å². The Labute approximate surface area is 56.8 Å². The highest BCUT2D eigenvalue weighted by atomic mass is 16.2. The number of nitrogens with zero attached hydrogens (tertiary/aromatic N) is 2. The van der Waals surface area contributed by atoms with E-state index in [1.54, 1.807) is 0 Å². The van der Waals surface area contributed by atoms with E-state index >= 15 is 0 Å². The van der Waals surface area contributed by atoms with Gasteiger partial charge in [-0.1, -0.05) is 6.08 Å². The van der Waals surface area contributed by atoms with Crippen LogP contribution in [0.3, 0.4) is 0 Å². The minimum absolute atomic E-state index is 0.109. The van der Waals surface area contributed by atoms with Crippen molar-refractivity contribution >= 4 is 17.3 Å². The highest BCUT2D eigenvalue weighted by Crippen LogP contribution is 1.97. The Balaban J connectivity index is 3.10. The minimum atomic E-state index is -0.718. The topological polar surface area (TPSA) is 70.5 Å². The fourth-order valence-corrected chi connectivity index (χ4v) is 0.668. The quantitative estimate of drug-likeness (QED) is 0.262. The molecule has 0 aromatic heterocycles. The standard InChI is InChI=1S/C6H4N2O2/c7-8-4-2-1-3-5(9)6(4)10/h1-2H,3H2. The lowest BCUT2D eigenvalue weighted by Gasteiger charge is -1.93. The van der Waals surface area contributed by atoms with Crippen LogP contribution in [-0.4, -0.2) is 22.1 Å². The Kier molecular flexibility index (Phi) is 1.56. The van der Waals surface area contributed by atoms with E-state index in [4.69, 9.17) is 5.53 Å². The molecule has 0 spiro atoms. The van der Waals surface area contributed by atoms with Crippen LogP contribution in [0.1, 0.15) is 6.42 Å². The summed E-state index contributed by atoms with van der Waals surface area (Å²) in [6, 6.07) is 0. The molecular weight excluding hydrogens is 132 g/mol. The summed E-state index contributed by atoms with van der Waals surface area (Å²) in [6.07, 6.45) is 2.92. The largest absolute Gasteiger partial charge is 0.365 e.